The molecule has 1 fully saturated rings. The van der Waals surface area contributed by atoms with Crippen molar-refractivity contribution in [3.8, 4) is 0 Å². The van der Waals surface area contributed by atoms with Crippen LogP contribution in [0.2, 0.25) is 0 Å². The van der Waals surface area contributed by atoms with Gasteiger partial charge in [0.15, 0.2) is 0 Å². The highest BCUT2D eigenvalue weighted by atomic mass is 15.2. The number of hydrogen-bond acceptors (Lipinski definition) is 3. The van der Waals surface area contributed by atoms with Crippen LogP contribution in [0.1, 0.15) is 18.5 Å². The summed E-state index contributed by atoms with van der Waals surface area (Å²) in [6, 6.07) is 11.1. The number of rotatable bonds is 5. The highest BCUT2D eigenvalue weighted by Crippen LogP contribution is 2.10. The van der Waals surface area contributed by atoms with Crippen LogP contribution >= 0.6 is 0 Å². The Hall–Kier alpha value is -0.900. The molecule has 0 spiro atoms. The van der Waals surface area contributed by atoms with Gasteiger partial charge in [0.2, 0.25) is 0 Å². The van der Waals surface area contributed by atoms with Crippen molar-refractivity contribution in [3.05, 3.63) is 35.9 Å². The van der Waals surface area contributed by atoms with Crippen molar-refractivity contribution in [2.45, 2.75) is 13.0 Å². The highest BCUT2D eigenvalue weighted by molar-refractivity contribution is 5.17. The highest BCUT2D eigenvalue weighted by Gasteiger charge is 2.13. The number of benzene rings is 1. The molecule has 3 nitrogen and oxygen atoms in total. The number of nitrogens with one attached hydrogen (secondary N) is 1. The molecule has 1 N–H and O–H groups in total. The van der Waals surface area contributed by atoms with Crippen molar-refractivity contribution in [3.63, 3.8) is 0 Å². The molecule has 1 aliphatic rings. The normalized spacial score (nSPS) is 19.9. The number of piperazine rings is 1. The van der Waals surface area contributed by atoms with E-state index >= 15 is 0 Å². The van der Waals surface area contributed by atoms with Crippen molar-refractivity contribution < 1.29 is 0 Å². The first-order valence-electron chi connectivity index (χ1n) is 6.95. The molecule has 1 aliphatic heterocycles. The average Bonchev–Trinajstić information content (AvgIpc) is 2.42. The molecule has 100 valence electrons. The standard InChI is InChI=1S/C15H25N3/c1-14(15-6-4-3-5-7-15)16-8-9-18-12-10-17(2)11-13-18/h3-7,14,16H,8-13H2,1-2H3/t14-/m1/s1. The van der Waals surface area contributed by atoms with Crippen LogP contribution in [0.15, 0.2) is 30.3 Å². The van der Waals surface area contributed by atoms with Gasteiger partial charge in [-0.15, -0.1) is 0 Å². The molecule has 0 aliphatic carbocycles. The third kappa shape index (κ3) is 4.09. The SMILES string of the molecule is C[C@@H](NCCN1CCN(C)CC1)c1ccccc1. The van der Waals surface area contributed by atoms with Crippen LogP contribution in [0.4, 0.5) is 0 Å². The predicted molar refractivity (Wildman–Crippen MR) is 76.8 cm³/mol. The first-order chi connectivity index (χ1) is 8.75. The van der Waals surface area contributed by atoms with Crippen LogP contribution < -0.4 is 5.32 Å². The van der Waals surface area contributed by atoms with Crippen molar-refractivity contribution in [2.24, 2.45) is 0 Å². The lowest BCUT2D eigenvalue weighted by Crippen LogP contribution is -2.46. The summed E-state index contributed by atoms with van der Waals surface area (Å²) in [6.45, 7) is 9.28. The van der Waals surface area contributed by atoms with E-state index in [0.717, 1.165) is 13.1 Å². The summed E-state index contributed by atoms with van der Waals surface area (Å²) in [5, 5.41) is 3.60. The van der Waals surface area contributed by atoms with Gasteiger partial charge in [0.1, 0.15) is 0 Å². The maximum Gasteiger partial charge on any atom is 0.0292 e. The summed E-state index contributed by atoms with van der Waals surface area (Å²) >= 11 is 0. The zero-order chi connectivity index (χ0) is 12.8. The zero-order valence-electron chi connectivity index (χ0n) is 11.6. The van der Waals surface area contributed by atoms with Crippen LogP contribution in [0, 0.1) is 0 Å². The molecule has 0 unspecified atom stereocenters. The zero-order valence-corrected chi connectivity index (χ0v) is 11.6. The van der Waals surface area contributed by atoms with Crippen LogP contribution in [-0.4, -0.2) is 56.1 Å². The van der Waals surface area contributed by atoms with Gasteiger partial charge in [-0.25, -0.2) is 0 Å². The van der Waals surface area contributed by atoms with Gasteiger partial charge in [-0.3, -0.25) is 4.90 Å². The molecular formula is C15H25N3. The molecular weight excluding hydrogens is 222 g/mol. The second-order valence-electron chi connectivity index (χ2n) is 5.23. The van der Waals surface area contributed by atoms with E-state index in [1.165, 1.54) is 31.7 Å². The molecule has 1 heterocycles. The second kappa shape index (κ2) is 6.88. The third-order valence-corrected chi connectivity index (χ3v) is 3.77. The van der Waals surface area contributed by atoms with E-state index in [4.69, 9.17) is 0 Å². The number of nitrogens with zero attached hydrogens (tertiary/aromatic N) is 2. The largest absolute Gasteiger partial charge is 0.309 e. The van der Waals surface area contributed by atoms with E-state index in [2.05, 4.69) is 59.4 Å². The van der Waals surface area contributed by atoms with Gasteiger partial charge in [-0.1, -0.05) is 30.3 Å². The summed E-state index contributed by atoms with van der Waals surface area (Å²) < 4.78 is 0. The van der Waals surface area contributed by atoms with E-state index in [1.807, 2.05) is 0 Å². The molecule has 1 atom stereocenters. The Morgan fingerprint density at radius 2 is 1.78 bits per heavy atom. The minimum atomic E-state index is 0.443. The molecule has 18 heavy (non-hydrogen) atoms. The molecule has 3 heteroatoms. The fourth-order valence-corrected chi connectivity index (χ4v) is 2.37. The van der Waals surface area contributed by atoms with Gasteiger partial charge in [0.05, 0.1) is 0 Å². The van der Waals surface area contributed by atoms with E-state index in [9.17, 15) is 0 Å². The summed E-state index contributed by atoms with van der Waals surface area (Å²) in [4.78, 5) is 4.95. The van der Waals surface area contributed by atoms with Gasteiger partial charge in [0, 0.05) is 45.3 Å². The van der Waals surface area contributed by atoms with Crippen LogP contribution in [-0.2, 0) is 0 Å². The molecule has 0 amide bonds. The van der Waals surface area contributed by atoms with Gasteiger partial charge in [-0.05, 0) is 19.5 Å². The maximum absolute atomic E-state index is 3.60. The fraction of sp³-hybridized carbons (Fsp3) is 0.600. The summed E-state index contributed by atoms with van der Waals surface area (Å²) in [6.07, 6.45) is 0. The molecule has 1 aromatic carbocycles. The first kappa shape index (κ1) is 13.5. The lowest BCUT2D eigenvalue weighted by atomic mass is 10.1. The Morgan fingerprint density at radius 3 is 2.44 bits per heavy atom. The van der Waals surface area contributed by atoms with E-state index < -0.39 is 0 Å². The number of likely N-dealkylation sites (N-methyl/N-ethyl adjacent to an activating group) is 1. The van der Waals surface area contributed by atoms with Crippen LogP contribution in [0.25, 0.3) is 0 Å². The Labute approximate surface area is 111 Å². The Balaban J connectivity index is 1.66. The molecule has 0 radical (unpaired) electrons. The lowest BCUT2D eigenvalue weighted by Gasteiger charge is -2.32. The Kier molecular flexibility index (Phi) is 5.17. The fourth-order valence-electron chi connectivity index (χ4n) is 2.37. The van der Waals surface area contributed by atoms with Gasteiger partial charge in [-0.2, -0.15) is 0 Å². The van der Waals surface area contributed by atoms with Gasteiger partial charge < -0.3 is 10.2 Å². The summed E-state index contributed by atoms with van der Waals surface area (Å²) in [5.74, 6) is 0. The van der Waals surface area contributed by atoms with Crippen molar-refractivity contribution >= 4 is 0 Å². The first-order valence-corrected chi connectivity index (χ1v) is 6.95. The maximum atomic E-state index is 3.60. The van der Waals surface area contributed by atoms with Crippen molar-refractivity contribution in [2.75, 3.05) is 46.3 Å². The summed E-state index contributed by atoms with van der Waals surface area (Å²) in [7, 11) is 2.20. The smallest absolute Gasteiger partial charge is 0.0292 e. The number of hydrogen-bond donors (Lipinski definition) is 1. The van der Waals surface area contributed by atoms with E-state index in [0.29, 0.717) is 6.04 Å². The summed E-state index contributed by atoms with van der Waals surface area (Å²) in [5.41, 5.74) is 1.37. The van der Waals surface area contributed by atoms with Gasteiger partial charge >= 0.3 is 0 Å². The average molecular weight is 247 g/mol. The van der Waals surface area contributed by atoms with Crippen molar-refractivity contribution in [1.29, 1.82) is 0 Å². The topological polar surface area (TPSA) is 18.5 Å². The third-order valence-electron chi connectivity index (χ3n) is 3.77. The Bertz CT molecular complexity index is 331. The quantitative estimate of drug-likeness (QED) is 0.852. The second-order valence-corrected chi connectivity index (χ2v) is 5.23. The van der Waals surface area contributed by atoms with Crippen LogP contribution in [0.3, 0.4) is 0 Å². The molecule has 0 saturated carbocycles. The minimum Gasteiger partial charge on any atom is -0.309 e. The van der Waals surface area contributed by atoms with E-state index in [-0.39, 0.29) is 0 Å². The molecule has 1 saturated heterocycles. The lowest BCUT2D eigenvalue weighted by molar-refractivity contribution is 0.154. The molecule has 0 aromatic heterocycles. The molecule has 1 aromatic rings. The Morgan fingerprint density at radius 1 is 1.11 bits per heavy atom. The monoisotopic (exact) mass is 247 g/mol. The molecule has 0 bridgehead atoms. The van der Waals surface area contributed by atoms with Crippen LogP contribution in [0.5, 0.6) is 0 Å². The predicted octanol–water partition coefficient (Wildman–Crippen LogP) is 1.58. The van der Waals surface area contributed by atoms with Crippen molar-refractivity contribution in [1.82, 2.24) is 15.1 Å². The minimum absolute atomic E-state index is 0.443. The van der Waals surface area contributed by atoms with E-state index in [1.54, 1.807) is 0 Å². The van der Waals surface area contributed by atoms with Gasteiger partial charge in [0.25, 0.3) is 0 Å². The molecule has 2 rings (SSSR count).